The number of fused-ring (bicyclic) bond motifs is 2. The molecule has 1 N–H and O–H groups in total. The molecule has 1 aliphatic heterocycles. The van der Waals surface area contributed by atoms with E-state index in [2.05, 4.69) is 5.32 Å². The highest BCUT2D eigenvalue weighted by molar-refractivity contribution is 6.09. The fourth-order valence-corrected chi connectivity index (χ4v) is 3.54. The van der Waals surface area contributed by atoms with Crippen LogP contribution >= 0.6 is 0 Å². The number of nitrogens with one attached hydrogen (secondary N) is 1. The van der Waals surface area contributed by atoms with E-state index in [9.17, 15) is 14.4 Å². The maximum absolute atomic E-state index is 12.9. The van der Waals surface area contributed by atoms with E-state index < -0.39 is 11.6 Å². The topological polar surface area (TPSA) is 69.7 Å². The zero-order valence-corrected chi connectivity index (χ0v) is 13.5. The fourth-order valence-electron chi connectivity index (χ4n) is 3.54. The Balaban J connectivity index is 1.86. The van der Waals surface area contributed by atoms with Gasteiger partial charge in [-0.1, -0.05) is 24.3 Å². The van der Waals surface area contributed by atoms with E-state index >= 15 is 0 Å². The molecule has 1 saturated heterocycles. The highest BCUT2D eigenvalue weighted by Gasteiger charge is 2.55. The summed E-state index contributed by atoms with van der Waals surface area (Å²) in [4.78, 5) is 40.2. The van der Waals surface area contributed by atoms with Crippen molar-refractivity contribution in [2.24, 2.45) is 0 Å². The minimum Gasteiger partial charge on any atom is -0.342 e. The van der Waals surface area contributed by atoms with Gasteiger partial charge in [-0.15, -0.1) is 0 Å². The van der Waals surface area contributed by atoms with E-state index in [1.165, 1.54) is 0 Å². The van der Waals surface area contributed by atoms with Crippen LogP contribution in [0.4, 0.5) is 4.79 Å². The molecule has 0 aromatic heterocycles. The van der Waals surface area contributed by atoms with Crippen molar-refractivity contribution in [3.63, 3.8) is 0 Å². The predicted octanol–water partition coefficient (Wildman–Crippen LogP) is 1.25. The van der Waals surface area contributed by atoms with Gasteiger partial charge in [0, 0.05) is 13.1 Å². The van der Waals surface area contributed by atoms with E-state index in [4.69, 9.17) is 0 Å². The van der Waals surface area contributed by atoms with Crippen molar-refractivity contribution in [1.29, 1.82) is 0 Å². The number of benzene rings is 1. The third kappa shape index (κ3) is 2.29. The van der Waals surface area contributed by atoms with Crippen LogP contribution in [0.15, 0.2) is 24.3 Å². The first kappa shape index (κ1) is 15.5. The van der Waals surface area contributed by atoms with Gasteiger partial charge in [0.15, 0.2) is 0 Å². The summed E-state index contributed by atoms with van der Waals surface area (Å²) in [6.45, 7) is 4.68. The Hall–Kier alpha value is -2.37. The zero-order valence-electron chi connectivity index (χ0n) is 13.5. The average molecular weight is 315 g/mol. The monoisotopic (exact) mass is 315 g/mol. The minimum absolute atomic E-state index is 0.198. The van der Waals surface area contributed by atoms with Gasteiger partial charge in [0.05, 0.1) is 0 Å². The summed E-state index contributed by atoms with van der Waals surface area (Å²) in [5.74, 6) is -0.519. The Kier molecular flexibility index (Phi) is 3.83. The molecule has 6 nitrogen and oxygen atoms in total. The third-order valence-corrected chi connectivity index (χ3v) is 4.83. The molecule has 122 valence electrons. The number of hydrogen-bond acceptors (Lipinski definition) is 3. The number of nitrogens with zero attached hydrogens (tertiary/aromatic N) is 2. The molecule has 2 aliphatic rings. The highest BCUT2D eigenvalue weighted by Crippen LogP contribution is 2.41. The van der Waals surface area contributed by atoms with E-state index in [0.717, 1.165) is 22.4 Å². The lowest BCUT2D eigenvalue weighted by atomic mass is 9.92. The summed E-state index contributed by atoms with van der Waals surface area (Å²) in [7, 11) is 0. The Morgan fingerprint density at radius 1 is 1.26 bits per heavy atom. The summed E-state index contributed by atoms with van der Waals surface area (Å²) in [6.07, 6.45) is 1.30. The second-order valence-electron chi connectivity index (χ2n) is 5.95. The van der Waals surface area contributed by atoms with Crippen molar-refractivity contribution in [2.45, 2.75) is 32.2 Å². The molecule has 4 amide bonds. The summed E-state index contributed by atoms with van der Waals surface area (Å²) in [6, 6.07) is 7.19. The number of rotatable bonds is 4. The summed E-state index contributed by atoms with van der Waals surface area (Å²) < 4.78 is 0. The van der Waals surface area contributed by atoms with Gasteiger partial charge < -0.3 is 10.2 Å². The van der Waals surface area contributed by atoms with Crippen LogP contribution in [0.5, 0.6) is 0 Å². The van der Waals surface area contributed by atoms with E-state index in [1.54, 1.807) is 4.90 Å². The van der Waals surface area contributed by atoms with Crippen LogP contribution in [-0.4, -0.2) is 47.3 Å². The first-order valence-electron chi connectivity index (χ1n) is 8.03. The zero-order chi connectivity index (χ0) is 16.6. The molecule has 1 fully saturated rings. The molecule has 1 heterocycles. The van der Waals surface area contributed by atoms with Gasteiger partial charge in [-0.3, -0.25) is 14.5 Å². The van der Waals surface area contributed by atoms with Crippen molar-refractivity contribution >= 4 is 17.8 Å². The largest absolute Gasteiger partial charge is 0.342 e. The quantitative estimate of drug-likeness (QED) is 0.850. The molecular formula is C17H21N3O3. The number of imide groups is 1. The van der Waals surface area contributed by atoms with Crippen molar-refractivity contribution in [2.75, 3.05) is 19.6 Å². The van der Waals surface area contributed by atoms with Gasteiger partial charge in [0.1, 0.15) is 12.1 Å². The molecule has 0 radical (unpaired) electrons. The smallest absolute Gasteiger partial charge is 0.325 e. The maximum Gasteiger partial charge on any atom is 0.325 e. The van der Waals surface area contributed by atoms with Crippen molar-refractivity contribution < 1.29 is 14.4 Å². The van der Waals surface area contributed by atoms with Crippen LogP contribution in [0, 0.1) is 0 Å². The molecule has 23 heavy (non-hydrogen) atoms. The van der Waals surface area contributed by atoms with Gasteiger partial charge in [0.2, 0.25) is 5.91 Å². The second kappa shape index (κ2) is 5.68. The number of hydrogen-bond donors (Lipinski definition) is 1. The molecule has 1 spiro atoms. The molecule has 1 atom stereocenters. The molecule has 0 saturated carbocycles. The van der Waals surface area contributed by atoms with Crippen LogP contribution in [0.2, 0.25) is 0 Å². The van der Waals surface area contributed by atoms with Crippen LogP contribution < -0.4 is 5.32 Å². The number of urea groups is 1. The molecule has 1 aliphatic carbocycles. The van der Waals surface area contributed by atoms with E-state index in [-0.39, 0.29) is 18.4 Å². The molecular weight excluding hydrogens is 294 g/mol. The maximum atomic E-state index is 12.9. The lowest BCUT2D eigenvalue weighted by Gasteiger charge is -2.24. The van der Waals surface area contributed by atoms with Gasteiger partial charge >= 0.3 is 6.03 Å². The molecule has 0 bridgehead atoms. The summed E-state index contributed by atoms with van der Waals surface area (Å²) in [5.41, 5.74) is 0.950. The minimum atomic E-state index is -0.989. The van der Waals surface area contributed by atoms with Crippen molar-refractivity contribution in [3.05, 3.63) is 35.4 Å². The van der Waals surface area contributed by atoms with Crippen molar-refractivity contribution in [3.8, 4) is 0 Å². The Bertz CT molecular complexity index is 669. The summed E-state index contributed by atoms with van der Waals surface area (Å²) in [5, 5.41) is 2.83. The Labute approximate surface area is 135 Å². The molecule has 6 heteroatoms. The average Bonchev–Trinajstić information content (AvgIpc) is 3.03. The number of amides is 4. The second-order valence-corrected chi connectivity index (χ2v) is 5.95. The van der Waals surface area contributed by atoms with Crippen LogP contribution in [0.1, 0.15) is 31.4 Å². The van der Waals surface area contributed by atoms with Crippen molar-refractivity contribution in [1.82, 2.24) is 15.1 Å². The summed E-state index contributed by atoms with van der Waals surface area (Å²) >= 11 is 0. The van der Waals surface area contributed by atoms with Crippen LogP contribution in [-0.2, 0) is 21.5 Å². The number of carbonyl (C=O) groups is 3. The normalized spacial score (nSPS) is 22.4. The Morgan fingerprint density at radius 3 is 2.65 bits per heavy atom. The molecule has 0 unspecified atom stereocenters. The Morgan fingerprint density at radius 2 is 1.96 bits per heavy atom. The van der Waals surface area contributed by atoms with Gasteiger partial charge in [-0.25, -0.2) is 4.79 Å². The first-order valence-corrected chi connectivity index (χ1v) is 8.03. The standard InChI is InChI=1S/C17H21N3O3/c1-3-19(4-2)14(21)11-20-15(22)17(18-16(20)23)10-9-12-7-5-6-8-13(12)17/h5-8H,3-4,9-11H2,1-2H3,(H,18,23)/t17-/m0/s1. The molecule has 1 aromatic carbocycles. The number of carbonyl (C=O) groups excluding carboxylic acids is 3. The SMILES string of the molecule is CCN(CC)C(=O)CN1C(=O)N[C@]2(CCc3ccccc32)C1=O. The number of aryl methyl sites for hydroxylation is 1. The highest BCUT2D eigenvalue weighted by atomic mass is 16.2. The first-order chi connectivity index (χ1) is 11.0. The molecule has 1 aromatic rings. The van der Waals surface area contributed by atoms with E-state index in [0.29, 0.717) is 19.5 Å². The molecule has 3 rings (SSSR count). The predicted molar refractivity (Wildman–Crippen MR) is 84.6 cm³/mol. The van der Waals surface area contributed by atoms with Gasteiger partial charge in [-0.2, -0.15) is 0 Å². The van der Waals surface area contributed by atoms with Crippen LogP contribution in [0.3, 0.4) is 0 Å². The lowest BCUT2D eigenvalue weighted by molar-refractivity contribution is -0.139. The van der Waals surface area contributed by atoms with Crippen LogP contribution in [0.25, 0.3) is 0 Å². The van der Waals surface area contributed by atoms with Gasteiger partial charge in [0.25, 0.3) is 5.91 Å². The fraction of sp³-hybridized carbons (Fsp3) is 0.471. The van der Waals surface area contributed by atoms with Gasteiger partial charge in [-0.05, 0) is 37.8 Å². The van der Waals surface area contributed by atoms with E-state index in [1.807, 2.05) is 38.1 Å². The lowest BCUT2D eigenvalue weighted by Crippen LogP contribution is -2.44. The third-order valence-electron chi connectivity index (χ3n) is 4.83. The number of likely N-dealkylation sites (N-methyl/N-ethyl adjacent to an activating group) is 1.